The van der Waals surface area contributed by atoms with Crippen LogP contribution in [-0.2, 0) is 11.2 Å². The topological polar surface area (TPSA) is 37.4 Å². The van der Waals surface area contributed by atoms with Gasteiger partial charge in [0.25, 0.3) is 11.7 Å². The number of nitrogens with zero attached hydrogens (tertiary/aromatic N) is 1. The van der Waals surface area contributed by atoms with Crippen LogP contribution >= 0.6 is 11.3 Å². The van der Waals surface area contributed by atoms with Crippen molar-refractivity contribution in [3.63, 3.8) is 0 Å². The summed E-state index contributed by atoms with van der Waals surface area (Å²) in [7, 11) is 0. The van der Waals surface area contributed by atoms with Crippen LogP contribution < -0.4 is 4.90 Å². The van der Waals surface area contributed by atoms with E-state index in [2.05, 4.69) is 11.4 Å². The van der Waals surface area contributed by atoms with E-state index in [0.717, 1.165) is 23.2 Å². The third-order valence-electron chi connectivity index (χ3n) is 3.60. The van der Waals surface area contributed by atoms with E-state index < -0.39 is 5.91 Å². The van der Waals surface area contributed by atoms with Crippen molar-refractivity contribution in [2.75, 3.05) is 11.4 Å². The van der Waals surface area contributed by atoms with Gasteiger partial charge in [0.2, 0.25) is 0 Å². The Labute approximate surface area is 121 Å². The SMILES string of the molecule is Cc1cc(C)c2c(c1)C(=O)C(=O)N2CCc1ccsc1. The van der Waals surface area contributed by atoms with Crippen LogP contribution in [0.2, 0.25) is 0 Å². The van der Waals surface area contributed by atoms with E-state index in [0.29, 0.717) is 12.1 Å². The molecule has 1 aliphatic rings. The lowest BCUT2D eigenvalue weighted by Gasteiger charge is -2.18. The van der Waals surface area contributed by atoms with Gasteiger partial charge in [0.05, 0.1) is 11.3 Å². The fourth-order valence-electron chi connectivity index (χ4n) is 2.72. The third-order valence-corrected chi connectivity index (χ3v) is 4.34. The Morgan fingerprint density at radius 1 is 1.20 bits per heavy atom. The molecular weight excluding hydrogens is 270 g/mol. The quantitative estimate of drug-likeness (QED) is 0.812. The molecule has 2 heterocycles. The molecule has 102 valence electrons. The summed E-state index contributed by atoms with van der Waals surface area (Å²) in [5.41, 5.74) is 4.55. The third kappa shape index (κ3) is 2.06. The second kappa shape index (κ2) is 4.87. The Morgan fingerprint density at radius 2 is 2.00 bits per heavy atom. The predicted octanol–water partition coefficient (Wildman–Crippen LogP) is 3.14. The van der Waals surface area contributed by atoms with E-state index in [1.165, 1.54) is 5.56 Å². The van der Waals surface area contributed by atoms with Gasteiger partial charge in [0.1, 0.15) is 0 Å². The first kappa shape index (κ1) is 13.1. The zero-order valence-electron chi connectivity index (χ0n) is 11.5. The number of amides is 1. The molecule has 0 bridgehead atoms. The highest BCUT2D eigenvalue weighted by atomic mass is 32.1. The number of Topliss-reactive ketones (excluding diaryl/α,β-unsaturated/α-hetero) is 1. The molecule has 1 aromatic carbocycles. The van der Waals surface area contributed by atoms with E-state index in [4.69, 9.17) is 0 Å². The zero-order chi connectivity index (χ0) is 14.3. The molecule has 1 amide bonds. The highest BCUT2D eigenvalue weighted by Crippen LogP contribution is 2.33. The summed E-state index contributed by atoms with van der Waals surface area (Å²) in [5, 5.41) is 4.10. The normalized spacial score (nSPS) is 14.0. The highest BCUT2D eigenvalue weighted by molar-refractivity contribution is 7.07. The van der Waals surface area contributed by atoms with E-state index in [1.54, 1.807) is 16.2 Å². The number of ketones is 1. The average molecular weight is 285 g/mol. The number of aryl methyl sites for hydroxylation is 2. The molecule has 0 fully saturated rings. The summed E-state index contributed by atoms with van der Waals surface area (Å²) in [4.78, 5) is 25.9. The Morgan fingerprint density at radius 3 is 2.70 bits per heavy atom. The molecule has 4 heteroatoms. The number of thiophene rings is 1. The molecule has 0 N–H and O–H groups in total. The van der Waals surface area contributed by atoms with Gasteiger partial charge in [-0.05, 0) is 59.9 Å². The van der Waals surface area contributed by atoms with Crippen molar-refractivity contribution in [3.8, 4) is 0 Å². The van der Waals surface area contributed by atoms with E-state index >= 15 is 0 Å². The zero-order valence-corrected chi connectivity index (χ0v) is 12.3. The van der Waals surface area contributed by atoms with Crippen LogP contribution in [0.5, 0.6) is 0 Å². The van der Waals surface area contributed by atoms with Gasteiger partial charge in [0, 0.05) is 6.54 Å². The summed E-state index contributed by atoms with van der Waals surface area (Å²) in [6.45, 7) is 4.45. The smallest absolute Gasteiger partial charge is 0.299 e. The number of carbonyl (C=O) groups is 2. The summed E-state index contributed by atoms with van der Waals surface area (Å²) in [6, 6.07) is 5.88. The lowest BCUT2D eigenvalue weighted by atomic mass is 10.0. The largest absolute Gasteiger partial charge is 0.304 e. The Hall–Kier alpha value is -1.94. The molecule has 0 radical (unpaired) electrons. The van der Waals surface area contributed by atoms with Crippen molar-refractivity contribution >= 4 is 28.7 Å². The Kier molecular flexibility index (Phi) is 3.18. The van der Waals surface area contributed by atoms with Gasteiger partial charge < -0.3 is 4.90 Å². The van der Waals surface area contributed by atoms with Crippen LogP contribution in [0.4, 0.5) is 5.69 Å². The molecule has 0 unspecified atom stereocenters. The van der Waals surface area contributed by atoms with Gasteiger partial charge in [0.15, 0.2) is 0 Å². The molecule has 20 heavy (non-hydrogen) atoms. The second-order valence-electron chi connectivity index (χ2n) is 5.15. The standard InChI is InChI=1S/C16H15NO2S/c1-10-7-11(2)14-13(8-10)15(18)16(19)17(14)5-3-12-4-6-20-9-12/h4,6-9H,3,5H2,1-2H3. The lowest BCUT2D eigenvalue weighted by Crippen LogP contribution is -2.31. The maximum Gasteiger partial charge on any atom is 0.299 e. The maximum atomic E-state index is 12.2. The van der Waals surface area contributed by atoms with E-state index in [9.17, 15) is 9.59 Å². The van der Waals surface area contributed by atoms with Crippen molar-refractivity contribution < 1.29 is 9.59 Å². The number of benzene rings is 1. The molecule has 0 spiro atoms. The van der Waals surface area contributed by atoms with Crippen molar-refractivity contribution in [1.29, 1.82) is 0 Å². The van der Waals surface area contributed by atoms with Gasteiger partial charge in [-0.25, -0.2) is 0 Å². The number of anilines is 1. The highest BCUT2D eigenvalue weighted by Gasteiger charge is 2.36. The Bertz CT molecular complexity index is 689. The number of rotatable bonds is 3. The molecule has 0 saturated carbocycles. The first-order valence-electron chi connectivity index (χ1n) is 6.56. The molecule has 2 aromatic rings. The van der Waals surface area contributed by atoms with Crippen molar-refractivity contribution in [2.45, 2.75) is 20.3 Å². The summed E-state index contributed by atoms with van der Waals surface area (Å²) in [5.74, 6) is -0.777. The summed E-state index contributed by atoms with van der Waals surface area (Å²) in [6.07, 6.45) is 0.773. The van der Waals surface area contributed by atoms with E-state index in [-0.39, 0.29) is 5.78 Å². The number of carbonyl (C=O) groups excluding carboxylic acids is 2. The minimum absolute atomic E-state index is 0.378. The van der Waals surface area contributed by atoms with Gasteiger partial charge in [-0.1, -0.05) is 6.07 Å². The van der Waals surface area contributed by atoms with Gasteiger partial charge in [-0.3, -0.25) is 9.59 Å². The van der Waals surface area contributed by atoms with Gasteiger partial charge in [-0.15, -0.1) is 0 Å². The monoisotopic (exact) mass is 285 g/mol. The average Bonchev–Trinajstić information content (AvgIpc) is 2.98. The van der Waals surface area contributed by atoms with Crippen LogP contribution in [-0.4, -0.2) is 18.2 Å². The first-order chi connectivity index (χ1) is 9.58. The van der Waals surface area contributed by atoms with E-state index in [1.807, 2.05) is 31.4 Å². The van der Waals surface area contributed by atoms with Crippen LogP contribution in [0, 0.1) is 13.8 Å². The number of hydrogen-bond acceptors (Lipinski definition) is 3. The summed E-state index contributed by atoms with van der Waals surface area (Å²) >= 11 is 1.64. The van der Waals surface area contributed by atoms with Crippen LogP contribution in [0.1, 0.15) is 27.0 Å². The second-order valence-corrected chi connectivity index (χ2v) is 5.93. The number of fused-ring (bicyclic) bond motifs is 1. The van der Waals surface area contributed by atoms with Crippen molar-refractivity contribution in [1.82, 2.24) is 0 Å². The maximum absolute atomic E-state index is 12.2. The molecule has 1 aliphatic heterocycles. The minimum atomic E-state index is -0.399. The van der Waals surface area contributed by atoms with Crippen molar-refractivity contribution in [2.24, 2.45) is 0 Å². The Balaban J connectivity index is 1.93. The molecule has 0 saturated heterocycles. The van der Waals surface area contributed by atoms with Crippen molar-refractivity contribution in [3.05, 3.63) is 51.2 Å². The minimum Gasteiger partial charge on any atom is -0.304 e. The molecule has 0 atom stereocenters. The molecule has 1 aromatic heterocycles. The van der Waals surface area contributed by atoms with Crippen LogP contribution in [0.3, 0.4) is 0 Å². The molecule has 3 nitrogen and oxygen atoms in total. The van der Waals surface area contributed by atoms with Crippen LogP contribution in [0.15, 0.2) is 29.0 Å². The first-order valence-corrected chi connectivity index (χ1v) is 7.50. The fraction of sp³-hybridized carbons (Fsp3) is 0.250. The lowest BCUT2D eigenvalue weighted by molar-refractivity contribution is -0.114. The van der Waals surface area contributed by atoms with Crippen LogP contribution in [0.25, 0.3) is 0 Å². The molecular formula is C16H15NO2S. The number of hydrogen-bond donors (Lipinski definition) is 0. The summed E-state index contributed by atoms with van der Waals surface area (Å²) < 4.78 is 0. The predicted molar refractivity (Wildman–Crippen MR) is 80.6 cm³/mol. The molecule has 3 rings (SSSR count). The fourth-order valence-corrected chi connectivity index (χ4v) is 3.42. The van der Waals surface area contributed by atoms with Gasteiger partial charge >= 0.3 is 0 Å². The van der Waals surface area contributed by atoms with Gasteiger partial charge in [-0.2, -0.15) is 11.3 Å². The molecule has 0 aliphatic carbocycles.